The molecule has 0 bridgehead atoms. The number of fused-ring (bicyclic) bond motifs is 1. The van der Waals surface area contributed by atoms with Crippen molar-refractivity contribution in [1.29, 1.82) is 0 Å². The molecule has 0 radical (unpaired) electrons. The number of hydrogen-bond donors (Lipinski definition) is 1. The maximum Gasteiger partial charge on any atom is 0.267 e. The molecule has 9 nitrogen and oxygen atoms in total. The third-order valence-electron chi connectivity index (χ3n) is 4.91. The molecule has 0 fully saturated rings. The van der Waals surface area contributed by atoms with Gasteiger partial charge in [-0.05, 0) is 38.1 Å². The minimum atomic E-state index is -0.364. The molecule has 5 aromatic rings. The lowest BCUT2D eigenvalue weighted by Gasteiger charge is -2.09. The van der Waals surface area contributed by atoms with Crippen LogP contribution in [0.25, 0.3) is 22.0 Å². The van der Waals surface area contributed by atoms with Crippen molar-refractivity contribution in [2.45, 2.75) is 20.4 Å². The van der Waals surface area contributed by atoms with Gasteiger partial charge < -0.3 is 5.32 Å². The Morgan fingerprint density at radius 3 is 2.78 bits per heavy atom. The zero-order valence-electron chi connectivity index (χ0n) is 17.4. The summed E-state index contributed by atoms with van der Waals surface area (Å²) >= 11 is 1.56. The molecule has 0 aliphatic heterocycles. The lowest BCUT2D eigenvalue weighted by molar-refractivity contribution is -0.117. The summed E-state index contributed by atoms with van der Waals surface area (Å²) in [4.78, 5) is 30.4. The van der Waals surface area contributed by atoms with E-state index in [0.717, 1.165) is 32.3 Å². The summed E-state index contributed by atoms with van der Waals surface area (Å²) in [5.41, 5.74) is 3.70. The van der Waals surface area contributed by atoms with E-state index >= 15 is 0 Å². The fourth-order valence-electron chi connectivity index (χ4n) is 3.48. The van der Waals surface area contributed by atoms with Crippen LogP contribution < -0.4 is 10.9 Å². The highest BCUT2D eigenvalue weighted by Gasteiger charge is 2.12. The second-order valence-electron chi connectivity index (χ2n) is 7.37. The van der Waals surface area contributed by atoms with Crippen molar-refractivity contribution >= 4 is 27.9 Å². The van der Waals surface area contributed by atoms with Crippen molar-refractivity contribution < 1.29 is 4.79 Å². The minimum absolute atomic E-state index is 0.212. The first-order valence-corrected chi connectivity index (χ1v) is 10.8. The van der Waals surface area contributed by atoms with Gasteiger partial charge in [0, 0.05) is 40.8 Å². The molecule has 32 heavy (non-hydrogen) atoms. The van der Waals surface area contributed by atoms with Crippen molar-refractivity contribution in [3.8, 4) is 17.1 Å². The van der Waals surface area contributed by atoms with Crippen molar-refractivity contribution in [3.05, 3.63) is 82.0 Å². The van der Waals surface area contributed by atoms with E-state index in [-0.39, 0.29) is 18.0 Å². The molecule has 10 heteroatoms. The number of aryl methyl sites for hydroxylation is 2. The van der Waals surface area contributed by atoms with Gasteiger partial charge in [0.05, 0.1) is 11.4 Å². The van der Waals surface area contributed by atoms with Crippen molar-refractivity contribution in [2.24, 2.45) is 0 Å². The summed E-state index contributed by atoms with van der Waals surface area (Å²) in [7, 11) is 0. The highest BCUT2D eigenvalue weighted by Crippen LogP contribution is 2.24. The molecule has 160 valence electrons. The monoisotopic (exact) mass is 445 g/mol. The van der Waals surface area contributed by atoms with Gasteiger partial charge in [-0.3, -0.25) is 14.0 Å². The largest absolute Gasteiger partial charge is 0.324 e. The summed E-state index contributed by atoms with van der Waals surface area (Å²) in [6.45, 7) is 3.57. The summed E-state index contributed by atoms with van der Waals surface area (Å²) < 4.78 is 4.73. The average molecular weight is 446 g/mol. The summed E-state index contributed by atoms with van der Waals surface area (Å²) in [5, 5.41) is 13.5. The Kier molecular flexibility index (Phi) is 4.91. The van der Waals surface area contributed by atoms with E-state index in [0.29, 0.717) is 11.5 Å². The number of hydrogen-bond acceptors (Lipinski definition) is 6. The van der Waals surface area contributed by atoms with Crippen LogP contribution in [-0.2, 0) is 11.3 Å². The number of imidazole rings is 1. The maximum absolute atomic E-state index is 12.6. The van der Waals surface area contributed by atoms with Crippen LogP contribution in [-0.4, -0.2) is 34.9 Å². The van der Waals surface area contributed by atoms with Gasteiger partial charge in [0.1, 0.15) is 6.54 Å². The Bertz CT molecular complexity index is 1480. The van der Waals surface area contributed by atoms with Gasteiger partial charge in [-0.25, -0.2) is 14.3 Å². The van der Waals surface area contributed by atoms with Crippen molar-refractivity contribution in [2.75, 3.05) is 5.32 Å². The number of aromatic nitrogens is 6. The highest BCUT2D eigenvalue weighted by molar-refractivity contribution is 7.15. The second-order valence-corrected chi connectivity index (χ2v) is 8.25. The molecule has 0 aliphatic carbocycles. The Morgan fingerprint density at radius 1 is 1.12 bits per heavy atom. The van der Waals surface area contributed by atoms with Gasteiger partial charge in [0.25, 0.3) is 5.56 Å². The molecule has 4 aromatic heterocycles. The Hall–Kier alpha value is -4.05. The molecule has 0 atom stereocenters. The molecule has 1 aromatic carbocycles. The smallest absolute Gasteiger partial charge is 0.267 e. The third-order valence-corrected chi connectivity index (χ3v) is 5.68. The summed E-state index contributed by atoms with van der Waals surface area (Å²) in [6.07, 6.45) is 3.90. The topological polar surface area (TPSA) is 99.1 Å². The van der Waals surface area contributed by atoms with Gasteiger partial charge >= 0.3 is 0 Å². The van der Waals surface area contributed by atoms with E-state index < -0.39 is 0 Å². The number of benzene rings is 1. The van der Waals surface area contributed by atoms with Crippen LogP contribution >= 0.6 is 11.3 Å². The van der Waals surface area contributed by atoms with E-state index in [2.05, 4.69) is 20.5 Å². The summed E-state index contributed by atoms with van der Waals surface area (Å²) in [5.74, 6) is 0.123. The molecule has 1 amide bonds. The Morgan fingerprint density at radius 2 is 2.00 bits per heavy atom. The van der Waals surface area contributed by atoms with E-state index in [1.165, 1.54) is 6.07 Å². The fourth-order valence-corrected chi connectivity index (χ4v) is 4.18. The zero-order chi connectivity index (χ0) is 22.2. The van der Waals surface area contributed by atoms with E-state index in [4.69, 9.17) is 0 Å². The Balaban J connectivity index is 1.35. The number of anilines is 1. The third kappa shape index (κ3) is 3.83. The fraction of sp³-hybridized carbons (Fsp3) is 0.136. The van der Waals surface area contributed by atoms with Gasteiger partial charge in [0.15, 0.2) is 10.8 Å². The van der Waals surface area contributed by atoms with Crippen LogP contribution in [0.15, 0.2) is 65.0 Å². The lowest BCUT2D eigenvalue weighted by atomic mass is 10.1. The number of nitrogens with zero attached hydrogens (tertiary/aromatic N) is 6. The predicted octanol–water partition coefficient (Wildman–Crippen LogP) is 3.06. The quantitative estimate of drug-likeness (QED) is 0.448. The van der Waals surface area contributed by atoms with E-state index in [1.807, 2.05) is 60.3 Å². The number of carbonyl (C=O) groups is 1. The van der Waals surface area contributed by atoms with Gasteiger partial charge in [-0.1, -0.05) is 12.1 Å². The standard InChI is InChI=1S/C22H19N7O2S/c1-14-10-15(2)29(25-14)19-6-7-21(31)28(26-19)13-20(30)23-17-5-3-4-16(11-17)18-12-27-8-9-32-22(27)24-18/h3-12H,13H2,1-2H3,(H,23,30). The highest BCUT2D eigenvalue weighted by atomic mass is 32.1. The first kappa shape index (κ1) is 19.9. The van der Waals surface area contributed by atoms with Gasteiger partial charge in [-0.15, -0.1) is 16.4 Å². The van der Waals surface area contributed by atoms with Gasteiger partial charge in [0.2, 0.25) is 5.91 Å². The first-order chi connectivity index (χ1) is 15.5. The Labute approximate surface area is 186 Å². The van der Waals surface area contributed by atoms with Crippen molar-refractivity contribution in [3.63, 3.8) is 0 Å². The van der Waals surface area contributed by atoms with Crippen LogP contribution in [0.4, 0.5) is 5.69 Å². The van der Waals surface area contributed by atoms with Crippen LogP contribution in [0.2, 0.25) is 0 Å². The van der Waals surface area contributed by atoms with Crippen LogP contribution in [0.3, 0.4) is 0 Å². The molecule has 1 N–H and O–H groups in total. The van der Waals surface area contributed by atoms with E-state index in [1.54, 1.807) is 28.2 Å². The van der Waals surface area contributed by atoms with Crippen LogP contribution in [0.1, 0.15) is 11.4 Å². The normalized spacial score (nSPS) is 11.2. The zero-order valence-corrected chi connectivity index (χ0v) is 18.2. The molecular weight excluding hydrogens is 426 g/mol. The predicted molar refractivity (Wildman–Crippen MR) is 122 cm³/mol. The molecule has 0 saturated heterocycles. The second kappa shape index (κ2) is 7.89. The number of nitrogens with one attached hydrogen (secondary N) is 1. The van der Waals surface area contributed by atoms with E-state index in [9.17, 15) is 9.59 Å². The number of thiazole rings is 1. The lowest BCUT2D eigenvalue weighted by Crippen LogP contribution is -2.30. The average Bonchev–Trinajstić information content (AvgIpc) is 3.44. The van der Waals surface area contributed by atoms with Crippen LogP contribution in [0, 0.1) is 13.8 Å². The molecular formula is C22H19N7O2S. The SMILES string of the molecule is Cc1cc(C)n(-c2ccc(=O)n(CC(=O)Nc3cccc(-c4cn5ccsc5n4)c3)n2)n1. The first-order valence-electron chi connectivity index (χ1n) is 9.90. The van der Waals surface area contributed by atoms with Gasteiger partial charge in [-0.2, -0.15) is 5.10 Å². The number of rotatable bonds is 5. The molecule has 0 unspecified atom stereocenters. The number of amides is 1. The maximum atomic E-state index is 12.6. The number of carbonyl (C=O) groups excluding carboxylic acids is 1. The van der Waals surface area contributed by atoms with Crippen LogP contribution in [0.5, 0.6) is 0 Å². The molecule has 5 rings (SSSR count). The minimum Gasteiger partial charge on any atom is -0.324 e. The molecule has 4 heterocycles. The molecule has 0 aliphatic rings. The summed E-state index contributed by atoms with van der Waals surface area (Å²) in [6, 6.07) is 12.3. The molecule has 0 spiro atoms. The molecule has 0 saturated carbocycles. The van der Waals surface area contributed by atoms with Crippen molar-refractivity contribution in [1.82, 2.24) is 28.9 Å².